The van der Waals surface area contributed by atoms with E-state index < -0.39 is 0 Å². The average Bonchev–Trinajstić information content (AvgIpc) is 2.71. The lowest BCUT2D eigenvalue weighted by atomic mass is 10.1. The van der Waals surface area contributed by atoms with Gasteiger partial charge in [0.2, 0.25) is 0 Å². The van der Waals surface area contributed by atoms with Crippen LogP contribution in [0.3, 0.4) is 0 Å². The van der Waals surface area contributed by atoms with Crippen molar-refractivity contribution in [2.75, 3.05) is 23.7 Å². The van der Waals surface area contributed by atoms with Gasteiger partial charge in [-0.3, -0.25) is 0 Å². The first-order valence-corrected chi connectivity index (χ1v) is 7.51. The second-order valence-electron chi connectivity index (χ2n) is 4.58. The van der Waals surface area contributed by atoms with Gasteiger partial charge in [0.15, 0.2) is 5.13 Å². The van der Waals surface area contributed by atoms with E-state index in [2.05, 4.69) is 48.0 Å². The van der Waals surface area contributed by atoms with Crippen LogP contribution in [-0.4, -0.2) is 18.1 Å². The van der Waals surface area contributed by atoms with Crippen molar-refractivity contribution in [2.45, 2.75) is 27.2 Å². The first-order chi connectivity index (χ1) is 9.13. The van der Waals surface area contributed by atoms with Crippen LogP contribution in [0.25, 0.3) is 0 Å². The van der Waals surface area contributed by atoms with E-state index in [0.717, 1.165) is 25.2 Å². The topological polar surface area (TPSA) is 42.1 Å². The Morgan fingerprint density at radius 2 is 1.79 bits per heavy atom. The van der Waals surface area contributed by atoms with Crippen molar-refractivity contribution in [1.29, 1.82) is 0 Å². The van der Waals surface area contributed by atoms with Crippen molar-refractivity contribution in [3.05, 3.63) is 40.4 Å². The van der Waals surface area contributed by atoms with Gasteiger partial charge in [-0.05, 0) is 38.5 Å². The standard InChI is InChI=1S/C15H21N3S/c1-4-18(5-2)13-8-6-12(7-9-13)10-14-11(3)17-15(16)19-14/h6-9H,4-5,10H2,1-3H3,(H2,16,17). The molecule has 0 saturated heterocycles. The molecule has 2 rings (SSSR count). The Bertz CT molecular complexity index is 527. The maximum absolute atomic E-state index is 5.73. The number of nitrogen functional groups attached to an aromatic ring is 1. The molecule has 19 heavy (non-hydrogen) atoms. The molecule has 0 radical (unpaired) electrons. The van der Waals surface area contributed by atoms with Crippen molar-refractivity contribution < 1.29 is 0 Å². The highest BCUT2D eigenvalue weighted by Gasteiger charge is 2.07. The molecule has 0 aliphatic carbocycles. The fourth-order valence-electron chi connectivity index (χ4n) is 2.21. The molecular formula is C15H21N3S. The Hall–Kier alpha value is -1.55. The van der Waals surface area contributed by atoms with Crippen molar-refractivity contribution in [1.82, 2.24) is 4.98 Å². The average molecular weight is 275 g/mol. The molecule has 1 aromatic heterocycles. The Morgan fingerprint density at radius 1 is 1.16 bits per heavy atom. The van der Waals surface area contributed by atoms with E-state index in [1.54, 1.807) is 11.3 Å². The largest absolute Gasteiger partial charge is 0.375 e. The minimum atomic E-state index is 0.660. The molecule has 0 amide bonds. The van der Waals surface area contributed by atoms with Gasteiger partial charge in [-0.25, -0.2) is 4.98 Å². The quantitative estimate of drug-likeness (QED) is 0.908. The van der Waals surface area contributed by atoms with Crippen LogP contribution in [0.2, 0.25) is 0 Å². The Balaban J connectivity index is 2.12. The van der Waals surface area contributed by atoms with Crippen LogP contribution in [-0.2, 0) is 6.42 Å². The Kier molecular flexibility index (Phi) is 4.43. The minimum Gasteiger partial charge on any atom is -0.375 e. The predicted molar refractivity (Wildman–Crippen MR) is 84.1 cm³/mol. The third-order valence-corrected chi connectivity index (χ3v) is 4.33. The molecule has 0 bridgehead atoms. The van der Waals surface area contributed by atoms with Gasteiger partial charge >= 0.3 is 0 Å². The van der Waals surface area contributed by atoms with E-state index in [1.165, 1.54) is 16.1 Å². The van der Waals surface area contributed by atoms with Gasteiger partial charge in [-0.1, -0.05) is 12.1 Å². The number of hydrogen-bond donors (Lipinski definition) is 1. The molecule has 0 fully saturated rings. The smallest absolute Gasteiger partial charge is 0.180 e. The second kappa shape index (κ2) is 6.06. The zero-order chi connectivity index (χ0) is 13.8. The first kappa shape index (κ1) is 13.9. The van der Waals surface area contributed by atoms with E-state index in [-0.39, 0.29) is 0 Å². The van der Waals surface area contributed by atoms with Gasteiger partial charge in [-0.2, -0.15) is 0 Å². The van der Waals surface area contributed by atoms with E-state index in [9.17, 15) is 0 Å². The van der Waals surface area contributed by atoms with Crippen molar-refractivity contribution >= 4 is 22.2 Å². The second-order valence-corrected chi connectivity index (χ2v) is 5.69. The summed E-state index contributed by atoms with van der Waals surface area (Å²) in [5, 5.41) is 0.660. The van der Waals surface area contributed by atoms with Crippen molar-refractivity contribution in [3.8, 4) is 0 Å². The summed E-state index contributed by atoms with van der Waals surface area (Å²) in [4.78, 5) is 7.87. The number of benzene rings is 1. The lowest BCUT2D eigenvalue weighted by Gasteiger charge is -2.21. The first-order valence-electron chi connectivity index (χ1n) is 6.69. The maximum atomic E-state index is 5.73. The van der Waals surface area contributed by atoms with Gasteiger partial charge in [0.25, 0.3) is 0 Å². The number of aryl methyl sites for hydroxylation is 1. The number of aromatic nitrogens is 1. The third kappa shape index (κ3) is 3.26. The molecule has 0 unspecified atom stereocenters. The lowest BCUT2D eigenvalue weighted by molar-refractivity contribution is 0.866. The molecule has 1 aromatic carbocycles. The van der Waals surface area contributed by atoms with E-state index in [4.69, 9.17) is 5.73 Å². The monoisotopic (exact) mass is 275 g/mol. The minimum absolute atomic E-state index is 0.660. The number of anilines is 2. The van der Waals surface area contributed by atoms with E-state index in [1.807, 2.05) is 6.92 Å². The Morgan fingerprint density at radius 3 is 2.26 bits per heavy atom. The maximum Gasteiger partial charge on any atom is 0.180 e. The fraction of sp³-hybridized carbons (Fsp3) is 0.400. The highest BCUT2D eigenvalue weighted by molar-refractivity contribution is 7.15. The summed E-state index contributed by atoms with van der Waals surface area (Å²) in [6.07, 6.45) is 0.916. The Labute approximate surface area is 119 Å². The van der Waals surface area contributed by atoms with Crippen molar-refractivity contribution in [3.63, 3.8) is 0 Å². The van der Waals surface area contributed by atoms with Crippen LogP contribution in [0, 0.1) is 6.92 Å². The molecule has 2 aromatic rings. The number of hydrogen-bond acceptors (Lipinski definition) is 4. The molecule has 102 valence electrons. The summed E-state index contributed by atoms with van der Waals surface area (Å²) < 4.78 is 0. The molecular weight excluding hydrogens is 254 g/mol. The molecule has 2 N–H and O–H groups in total. The van der Waals surface area contributed by atoms with Gasteiger partial charge in [0.1, 0.15) is 0 Å². The number of thiazole rings is 1. The van der Waals surface area contributed by atoms with Crippen LogP contribution in [0.15, 0.2) is 24.3 Å². The summed E-state index contributed by atoms with van der Waals surface area (Å²) in [5.74, 6) is 0. The van der Waals surface area contributed by atoms with Crippen molar-refractivity contribution in [2.24, 2.45) is 0 Å². The summed E-state index contributed by atoms with van der Waals surface area (Å²) in [6, 6.07) is 8.79. The molecule has 3 nitrogen and oxygen atoms in total. The zero-order valence-electron chi connectivity index (χ0n) is 11.8. The number of nitrogens with zero attached hydrogens (tertiary/aromatic N) is 2. The van der Waals surface area contributed by atoms with Crippen LogP contribution < -0.4 is 10.6 Å². The number of rotatable bonds is 5. The number of nitrogens with two attached hydrogens (primary N) is 1. The highest BCUT2D eigenvalue weighted by Crippen LogP contribution is 2.24. The molecule has 0 saturated carbocycles. The fourth-order valence-corrected chi connectivity index (χ4v) is 3.08. The SMILES string of the molecule is CCN(CC)c1ccc(Cc2sc(N)nc2C)cc1. The molecule has 4 heteroatoms. The van der Waals surface area contributed by atoms with Crippen LogP contribution in [0.4, 0.5) is 10.8 Å². The molecule has 0 spiro atoms. The van der Waals surface area contributed by atoms with Gasteiger partial charge < -0.3 is 10.6 Å². The normalized spacial score (nSPS) is 10.7. The summed E-state index contributed by atoms with van der Waals surface area (Å²) in [6.45, 7) is 8.47. The molecule has 0 aliphatic rings. The summed E-state index contributed by atoms with van der Waals surface area (Å²) >= 11 is 1.58. The van der Waals surface area contributed by atoms with E-state index >= 15 is 0 Å². The predicted octanol–water partition coefficient (Wildman–Crippen LogP) is 3.47. The van der Waals surface area contributed by atoms with Gasteiger partial charge in [0.05, 0.1) is 5.69 Å². The highest BCUT2D eigenvalue weighted by atomic mass is 32.1. The van der Waals surface area contributed by atoms with Gasteiger partial charge in [-0.15, -0.1) is 11.3 Å². The third-order valence-electron chi connectivity index (χ3n) is 3.34. The summed E-state index contributed by atoms with van der Waals surface area (Å²) in [7, 11) is 0. The van der Waals surface area contributed by atoms with Crippen LogP contribution in [0.5, 0.6) is 0 Å². The van der Waals surface area contributed by atoms with E-state index in [0.29, 0.717) is 5.13 Å². The van der Waals surface area contributed by atoms with Gasteiger partial charge in [0, 0.05) is 30.1 Å². The lowest BCUT2D eigenvalue weighted by Crippen LogP contribution is -2.21. The molecule has 0 aliphatic heterocycles. The zero-order valence-corrected chi connectivity index (χ0v) is 12.6. The molecule has 1 heterocycles. The van der Waals surface area contributed by atoms with Crippen LogP contribution in [0.1, 0.15) is 30.0 Å². The van der Waals surface area contributed by atoms with Crippen LogP contribution >= 0.6 is 11.3 Å². The molecule has 0 atom stereocenters. The summed E-state index contributed by atoms with van der Waals surface area (Å²) in [5.41, 5.74) is 9.38.